The van der Waals surface area contributed by atoms with E-state index < -0.39 is 0 Å². The van der Waals surface area contributed by atoms with Gasteiger partial charge in [0.2, 0.25) is 0 Å². The van der Waals surface area contributed by atoms with Gasteiger partial charge in [-0.2, -0.15) is 0 Å². The third kappa shape index (κ3) is 1.55. The van der Waals surface area contributed by atoms with Crippen LogP contribution in [-0.2, 0) is 5.41 Å². The molecule has 0 bridgehead atoms. The normalized spacial score (nSPS) is 19.9. The lowest BCUT2D eigenvalue weighted by molar-refractivity contribution is 0.452. The first-order valence-electron chi connectivity index (χ1n) is 5.23. The Morgan fingerprint density at radius 3 is 2.21 bits per heavy atom. The van der Waals surface area contributed by atoms with Gasteiger partial charge in [-0.05, 0) is 30.5 Å². The van der Waals surface area contributed by atoms with Crippen LogP contribution in [0.5, 0.6) is 0 Å². The Bertz CT molecular complexity index is 299. The molecule has 1 aliphatic rings. The van der Waals surface area contributed by atoms with Gasteiger partial charge in [-0.15, -0.1) is 0 Å². The lowest BCUT2D eigenvalue weighted by Crippen LogP contribution is -2.31. The van der Waals surface area contributed by atoms with Gasteiger partial charge in [0.15, 0.2) is 0 Å². The largest absolute Gasteiger partial charge is 0.330 e. The molecule has 0 aromatic heterocycles. The van der Waals surface area contributed by atoms with E-state index in [1.54, 1.807) is 0 Å². The average Bonchev–Trinajstić information content (AvgIpc) is 2.68. The van der Waals surface area contributed by atoms with Gasteiger partial charge in [0.1, 0.15) is 5.82 Å². The molecule has 2 rings (SSSR count). The van der Waals surface area contributed by atoms with E-state index in [4.69, 9.17) is 5.73 Å². The predicted molar refractivity (Wildman–Crippen MR) is 55.6 cm³/mol. The lowest BCUT2D eigenvalue weighted by Gasteiger charge is -2.27. The summed E-state index contributed by atoms with van der Waals surface area (Å²) in [5.74, 6) is -0.168. The molecule has 14 heavy (non-hydrogen) atoms. The fraction of sp³-hybridized carbons (Fsp3) is 0.500. The molecule has 1 saturated carbocycles. The summed E-state index contributed by atoms with van der Waals surface area (Å²) >= 11 is 0. The summed E-state index contributed by atoms with van der Waals surface area (Å²) in [5, 5.41) is 0. The smallest absolute Gasteiger partial charge is 0.123 e. The van der Waals surface area contributed by atoms with Gasteiger partial charge < -0.3 is 5.73 Å². The van der Waals surface area contributed by atoms with Crippen molar-refractivity contribution in [2.24, 2.45) is 5.73 Å². The van der Waals surface area contributed by atoms with Crippen molar-refractivity contribution in [2.75, 3.05) is 6.54 Å². The minimum atomic E-state index is -0.168. The first-order chi connectivity index (χ1) is 6.77. The van der Waals surface area contributed by atoms with Gasteiger partial charge in [0, 0.05) is 12.0 Å². The Morgan fingerprint density at radius 1 is 1.14 bits per heavy atom. The molecule has 1 aromatic carbocycles. The minimum absolute atomic E-state index is 0.133. The van der Waals surface area contributed by atoms with E-state index in [0.717, 1.165) is 12.8 Å². The minimum Gasteiger partial charge on any atom is -0.330 e. The van der Waals surface area contributed by atoms with Crippen molar-refractivity contribution in [3.63, 3.8) is 0 Å². The van der Waals surface area contributed by atoms with Gasteiger partial charge >= 0.3 is 0 Å². The van der Waals surface area contributed by atoms with Crippen LogP contribution in [0.15, 0.2) is 24.3 Å². The van der Waals surface area contributed by atoms with Crippen LogP contribution in [0.2, 0.25) is 0 Å². The molecular formula is C12H16FN. The van der Waals surface area contributed by atoms with Crippen LogP contribution in [0.25, 0.3) is 0 Å². The summed E-state index contributed by atoms with van der Waals surface area (Å²) in [6.07, 6.45) is 4.79. The lowest BCUT2D eigenvalue weighted by atomic mass is 9.79. The summed E-state index contributed by atoms with van der Waals surface area (Å²) in [6, 6.07) is 6.83. The van der Waals surface area contributed by atoms with Crippen molar-refractivity contribution in [1.29, 1.82) is 0 Å². The van der Waals surface area contributed by atoms with E-state index in [0.29, 0.717) is 6.54 Å². The molecule has 0 amide bonds. The van der Waals surface area contributed by atoms with Crippen LogP contribution in [0, 0.1) is 5.82 Å². The number of hydrogen-bond donors (Lipinski definition) is 1. The van der Waals surface area contributed by atoms with Crippen molar-refractivity contribution >= 4 is 0 Å². The molecule has 2 heteroatoms. The molecule has 0 radical (unpaired) electrons. The summed E-state index contributed by atoms with van der Waals surface area (Å²) in [4.78, 5) is 0. The van der Waals surface area contributed by atoms with Crippen LogP contribution in [0.3, 0.4) is 0 Å². The van der Waals surface area contributed by atoms with Crippen LogP contribution in [0.4, 0.5) is 4.39 Å². The maximum Gasteiger partial charge on any atom is 0.123 e. The van der Waals surface area contributed by atoms with Crippen molar-refractivity contribution in [3.05, 3.63) is 35.6 Å². The highest BCUT2D eigenvalue weighted by Gasteiger charge is 2.33. The van der Waals surface area contributed by atoms with Crippen LogP contribution >= 0.6 is 0 Å². The third-order valence-electron chi connectivity index (χ3n) is 3.41. The highest BCUT2D eigenvalue weighted by molar-refractivity contribution is 5.27. The molecule has 1 aliphatic carbocycles. The molecule has 0 saturated heterocycles. The van der Waals surface area contributed by atoms with Crippen LogP contribution in [-0.4, -0.2) is 6.54 Å². The van der Waals surface area contributed by atoms with E-state index in [1.807, 2.05) is 12.1 Å². The fourth-order valence-corrected chi connectivity index (χ4v) is 2.47. The highest BCUT2D eigenvalue weighted by Crippen LogP contribution is 2.40. The number of benzene rings is 1. The molecule has 1 aromatic rings. The fourth-order valence-electron chi connectivity index (χ4n) is 2.47. The number of hydrogen-bond acceptors (Lipinski definition) is 1. The topological polar surface area (TPSA) is 26.0 Å². The van der Waals surface area contributed by atoms with E-state index in [1.165, 1.54) is 30.5 Å². The van der Waals surface area contributed by atoms with E-state index >= 15 is 0 Å². The predicted octanol–water partition coefficient (Wildman–Crippen LogP) is 2.60. The third-order valence-corrected chi connectivity index (χ3v) is 3.41. The van der Waals surface area contributed by atoms with Crippen molar-refractivity contribution < 1.29 is 4.39 Å². The van der Waals surface area contributed by atoms with Gasteiger partial charge in [0.05, 0.1) is 0 Å². The summed E-state index contributed by atoms with van der Waals surface area (Å²) in [7, 11) is 0. The number of rotatable bonds is 2. The second-order valence-electron chi connectivity index (χ2n) is 4.20. The monoisotopic (exact) mass is 193 g/mol. The second kappa shape index (κ2) is 3.70. The summed E-state index contributed by atoms with van der Waals surface area (Å²) in [5.41, 5.74) is 7.19. The molecule has 1 fully saturated rings. The SMILES string of the molecule is NCC1(c2ccc(F)cc2)CCCC1. The van der Waals surface area contributed by atoms with Gasteiger partial charge in [-0.25, -0.2) is 4.39 Å². The molecule has 0 spiro atoms. The standard InChI is InChI=1S/C12H16FN/c13-11-5-3-10(4-6-11)12(9-14)7-1-2-8-12/h3-6H,1-2,7-9,14H2. The van der Waals surface area contributed by atoms with Crippen LogP contribution < -0.4 is 5.73 Å². The Hall–Kier alpha value is -0.890. The van der Waals surface area contributed by atoms with Gasteiger partial charge in [-0.3, -0.25) is 0 Å². The maximum atomic E-state index is 12.8. The zero-order valence-corrected chi connectivity index (χ0v) is 8.30. The second-order valence-corrected chi connectivity index (χ2v) is 4.20. The van der Waals surface area contributed by atoms with Crippen LogP contribution in [0.1, 0.15) is 31.2 Å². The zero-order chi connectivity index (χ0) is 10.0. The maximum absolute atomic E-state index is 12.8. The van der Waals surface area contributed by atoms with Gasteiger partial charge in [-0.1, -0.05) is 25.0 Å². The number of halogens is 1. The van der Waals surface area contributed by atoms with E-state index in [-0.39, 0.29) is 11.2 Å². The molecule has 0 atom stereocenters. The van der Waals surface area contributed by atoms with Crippen molar-refractivity contribution in [3.8, 4) is 0 Å². The molecule has 0 heterocycles. The Morgan fingerprint density at radius 2 is 1.71 bits per heavy atom. The molecule has 2 N–H and O–H groups in total. The molecule has 0 unspecified atom stereocenters. The molecule has 1 nitrogen and oxygen atoms in total. The molecule has 0 aliphatic heterocycles. The first-order valence-corrected chi connectivity index (χ1v) is 5.23. The van der Waals surface area contributed by atoms with E-state index in [2.05, 4.69) is 0 Å². The van der Waals surface area contributed by atoms with Crippen molar-refractivity contribution in [1.82, 2.24) is 0 Å². The zero-order valence-electron chi connectivity index (χ0n) is 8.30. The highest BCUT2D eigenvalue weighted by atomic mass is 19.1. The quantitative estimate of drug-likeness (QED) is 0.767. The average molecular weight is 193 g/mol. The summed E-state index contributed by atoms with van der Waals surface area (Å²) in [6.45, 7) is 0.679. The molecule has 76 valence electrons. The van der Waals surface area contributed by atoms with Gasteiger partial charge in [0.25, 0.3) is 0 Å². The number of nitrogens with two attached hydrogens (primary N) is 1. The Kier molecular flexibility index (Phi) is 2.55. The first kappa shape index (κ1) is 9.66. The molecular weight excluding hydrogens is 177 g/mol. The van der Waals surface area contributed by atoms with E-state index in [9.17, 15) is 4.39 Å². The Balaban J connectivity index is 2.31. The Labute approximate surface area is 84.1 Å². The summed E-state index contributed by atoms with van der Waals surface area (Å²) < 4.78 is 12.8. The van der Waals surface area contributed by atoms with Crippen molar-refractivity contribution in [2.45, 2.75) is 31.1 Å².